The molecule has 0 spiro atoms. The molecule has 0 aliphatic heterocycles. The Bertz CT molecular complexity index is 146. The minimum atomic E-state index is -0.0760. The standard InChI is InChI=1S/C10H19BrO2/c1-4-5-9(7-11)6-10(12)13-8(2)3/h8-9H,4-7H2,1-3H3/t9-/m1/s1. The van der Waals surface area contributed by atoms with E-state index >= 15 is 0 Å². The number of hydrogen-bond acceptors (Lipinski definition) is 2. The summed E-state index contributed by atoms with van der Waals surface area (Å²) >= 11 is 3.40. The van der Waals surface area contributed by atoms with Crippen molar-refractivity contribution in [2.75, 3.05) is 5.33 Å². The van der Waals surface area contributed by atoms with E-state index in [0.717, 1.165) is 18.2 Å². The van der Waals surface area contributed by atoms with E-state index in [4.69, 9.17) is 4.74 Å². The molecule has 0 bridgehead atoms. The summed E-state index contributed by atoms with van der Waals surface area (Å²) in [6.45, 7) is 5.88. The van der Waals surface area contributed by atoms with Gasteiger partial charge in [-0.1, -0.05) is 29.3 Å². The first-order valence-corrected chi connectivity index (χ1v) is 5.97. The highest BCUT2D eigenvalue weighted by Gasteiger charge is 2.13. The van der Waals surface area contributed by atoms with Crippen molar-refractivity contribution in [2.45, 2.75) is 46.1 Å². The van der Waals surface area contributed by atoms with Gasteiger partial charge in [-0.15, -0.1) is 0 Å². The molecule has 13 heavy (non-hydrogen) atoms. The van der Waals surface area contributed by atoms with Crippen molar-refractivity contribution < 1.29 is 9.53 Å². The number of ether oxygens (including phenoxy) is 1. The van der Waals surface area contributed by atoms with E-state index in [1.54, 1.807) is 0 Å². The normalized spacial score (nSPS) is 13.0. The second kappa shape index (κ2) is 7.36. The van der Waals surface area contributed by atoms with Crippen molar-refractivity contribution in [3.8, 4) is 0 Å². The van der Waals surface area contributed by atoms with E-state index in [1.165, 1.54) is 0 Å². The Balaban J connectivity index is 3.73. The van der Waals surface area contributed by atoms with Gasteiger partial charge in [0.1, 0.15) is 0 Å². The lowest BCUT2D eigenvalue weighted by atomic mass is 10.0. The minimum absolute atomic E-state index is 0.00472. The molecular weight excluding hydrogens is 232 g/mol. The van der Waals surface area contributed by atoms with Gasteiger partial charge in [0.25, 0.3) is 0 Å². The van der Waals surface area contributed by atoms with Crippen LogP contribution in [0.3, 0.4) is 0 Å². The van der Waals surface area contributed by atoms with Gasteiger partial charge in [0.2, 0.25) is 0 Å². The third-order valence-electron chi connectivity index (χ3n) is 1.74. The Morgan fingerprint density at radius 1 is 1.46 bits per heavy atom. The van der Waals surface area contributed by atoms with Crippen LogP contribution in [0.15, 0.2) is 0 Å². The summed E-state index contributed by atoms with van der Waals surface area (Å²) in [6, 6.07) is 0. The van der Waals surface area contributed by atoms with Crippen molar-refractivity contribution in [3.05, 3.63) is 0 Å². The second-order valence-electron chi connectivity index (χ2n) is 3.55. The van der Waals surface area contributed by atoms with Gasteiger partial charge in [0.05, 0.1) is 6.10 Å². The third-order valence-corrected chi connectivity index (χ3v) is 2.65. The van der Waals surface area contributed by atoms with Crippen molar-refractivity contribution in [1.82, 2.24) is 0 Å². The zero-order valence-electron chi connectivity index (χ0n) is 8.68. The monoisotopic (exact) mass is 250 g/mol. The molecule has 0 heterocycles. The fourth-order valence-corrected chi connectivity index (χ4v) is 1.74. The lowest BCUT2D eigenvalue weighted by Gasteiger charge is -2.13. The number of carbonyl (C=O) groups is 1. The molecule has 3 heteroatoms. The quantitative estimate of drug-likeness (QED) is 0.535. The number of carbonyl (C=O) groups excluding carboxylic acids is 1. The molecule has 0 unspecified atom stereocenters. The minimum Gasteiger partial charge on any atom is -0.463 e. The van der Waals surface area contributed by atoms with Gasteiger partial charge in [-0.25, -0.2) is 0 Å². The van der Waals surface area contributed by atoms with Gasteiger partial charge in [-0.3, -0.25) is 4.79 Å². The van der Waals surface area contributed by atoms with Crippen molar-refractivity contribution >= 4 is 21.9 Å². The average molecular weight is 251 g/mol. The van der Waals surface area contributed by atoms with Crippen LogP contribution >= 0.6 is 15.9 Å². The highest BCUT2D eigenvalue weighted by molar-refractivity contribution is 9.09. The van der Waals surface area contributed by atoms with Gasteiger partial charge in [0, 0.05) is 11.8 Å². The summed E-state index contributed by atoms with van der Waals surface area (Å²) in [5, 5.41) is 0.883. The smallest absolute Gasteiger partial charge is 0.306 e. The molecule has 1 atom stereocenters. The van der Waals surface area contributed by atoms with Crippen LogP contribution in [-0.2, 0) is 9.53 Å². The summed E-state index contributed by atoms with van der Waals surface area (Å²) in [5.41, 5.74) is 0. The van der Waals surface area contributed by atoms with Crippen LogP contribution in [0.2, 0.25) is 0 Å². The molecular formula is C10H19BrO2. The Morgan fingerprint density at radius 3 is 2.46 bits per heavy atom. The largest absolute Gasteiger partial charge is 0.463 e. The molecule has 0 aromatic rings. The van der Waals surface area contributed by atoms with Crippen LogP contribution in [0, 0.1) is 5.92 Å². The maximum Gasteiger partial charge on any atom is 0.306 e. The number of rotatable bonds is 6. The number of alkyl halides is 1. The lowest BCUT2D eigenvalue weighted by molar-refractivity contribution is -0.148. The predicted octanol–water partition coefficient (Wildman–Crippen LogP) is 3.14. The molecule has 0 rings (SSSR count). The van der Waals surface area contributed by atoms with Gasteiger partial charge in [0.15, 0.2) is 0 Å². The molecule has 0 aliphatic carbocycles. The summed E-state index contributed by atoms with van der Waals surface area (Å²) in [7, 11) is 0. The van der Waals surface area contributed by atoms with E-state index in [2.05, 4.69) is 22.9 Å². The predicted molar refractivity (Wildman–Crippen MR) is 58.0 cm³/mol. The molecule has 0 fully saturated rings. The van der Waals surface area contributed by atoms with Gasteiger partial charge in [-0.2, -0.15) is 0 Å². The maximum atomic E-state index is 11.3. The average Bonchev–Trinajstić information content (AvgIpc) is 2.02. The molecule has 78 valence electrons. The van der Waals surface area contributed by atoms with Crippen LogP contribution in [0.5, 0.6) is 0 Å². The van der Waals surface area contributed by atoms with Crippen LogP contribution in [0.1, 0.15) is 40.0 Å². The van der Waals surface area contributed by atoms with Crippen LogP contribution < -0.4 is 0 Å². The fraction of sp³-hybridized carbons (Fsp3) is 0.900. The van der Waals surface area contributed by atoms with E-state index in [9.17, 15) is 4.79 Å². The Labute approximate surface area is 89.2 Å². The van der Waals surface area contributed by atoms with Crippen molar-refractivity contribution in [3.63, 3.8) is 0 Å². The highest BCUT2D eigenvalue weighted by atomic mass is 79.9. The van der Waals surface area contributed by atoms with Gasteiger partial charge < -0.3 is 4.74 Å². The summed E-state index contributed by atoms with van der Waals surface area (Å²) < 4.78 is 5.07. The second-order valence-corrected chi connectivity index (χ2v) is 4.20. The number of esters is 1. The van der Waals surface area contributed by atoms with Crippen LogP contribution in [0.4, 0.5) is 0 Å². The van der Waals surface area contributed by atoms with Crippen molar-refractivity contribution in [2.24, 2.45) is 5.92 Å². The number of hydrogen-bond donors (Lipinski definition) is 0. The first kappa shape index (κ1) is 12.9. The van der Waals surface area contributed by atoms with Crippen molar-refractivity contribution in [1.29, 1.82) is 0 Å². The molecule has 0 aromatic carbocycles. The third kappa shape index (κ3) is 7.05. The molecule has 0 saturated carbocycles. The first-order valence-electron chi connectivity index (χ1n) is 4.85. The van der Waals surface area contributed by atoms with Gasteiger partial charge >= 0.3 is 5.97 Å². The van der Waals surface area contributed by atoms with E-state index in [1.807, 2.05) is 13.8 Å². The molecule has 0 aliphatic rings. The molecule has 0 saturated heterocycles. The fourth-order valence-electron chi connectivity index (χ4n) is 1.19. The van der Waals surface area contributed by atoms with Crippen LogP contribution in [0.25, 0.3) is 0 Å². The Kier molecular flexibility index (Phi) is 7.33. The highest BCUT2D eigenvalue weighted by Crippen LogP contribution is 2.15. The van der Waals surface area contributed by atoms with E-state index < -0.39 is 0 Å². The Morgan fingerprint density at radius 2 is 2.08 bits per heavy atom. The zero-order valence-corrected chi connectivity index (χ0v) is 10.3. The zero-order chi connectivity index (χ0) is 10.3. The number of halogens is 1. The topological polar surface area (TPSA) is 26.3 Å². The van der Waals surface area contributed by atoms with E-state index in [0.29, 0.717) is 12.3 Å². The van der Waals surface area contributed by atoms with Crippen LogP contribution in [-0.4, -0.2) is 17.4 Å². The van der Waals surface area contributed by atoms with E-state index in [-0.39, 0.29) is 12.1 Å². The maximum absolute atomic E-state index is 11.3. The summed E-state index contributed by atoms with van der Waals surface area (Å²) in [5.74, 6) is 0.351. The molecule has 0 radical (unpaired) electrons. The molecule has 0 aromatic heterocycles. The lowest BCUT2D eigenvalue weighted by Crippen LogP contribution is -2.16. The van der Waals surface area contributed by atoms with Gasteiger partial charge in [-0.05, 0) is 26.2 Å². The summed E-state index contributed by atoms with van der Waals surface area (Å²) in [4.78, 5) is 11.3. The molecule has 0 N–H and O–H groups in total. The SMILES string of the molecule is CCC[C@@H](CBr)CC(=O)OC(C)C. The molecule has 0 amide bonds. The Hall–Kier alpha value is -0.0500. The first-order chi connectivity index (χ1) is 6.10. The summed E-state index contributed by atoms with van der Waals surface area (Å²) in [6.07, 6.45) is 2.74. The molecule has 2 nitrogen and oxygen atoms in total.